The van der Waals surface area contributed by atoms with E-state index in [0.29, 0.717) is 29.4 Å². The quantitative estimate of drug-likeness (QED) is 0.914. The van der Waals surface area contributed by atoms with E-state index in [4.69, 9.17) is 16.3 Å². The molecule has 0 bridgehead atoms. The first-order valence-electron chi connectivity index (χ1n) is 8.10. The van der Waals surface area contributed by atoms with Gasteiger partial charge in [-0.05, 0) is 36.2 Å². The van der Waals surface area contributed by atoms with Crippen molar-refractivity contribution in [3.63, 3.8) is 0 Å². The number of halogens is 1. The number of nitrogens with zero attached hydrogens (tertiary/aromatic N) is 1. The van der Waals surface area contributed by atoms with E-state index in [0.717, 1.165) is 5.56 Å². The zero-order valence-corrected chi connectivity index (χ0v) is 14.6. The van der Waals surface area contributed by atoms with Crippen LogP contribution in [-0.4, -0.2) is 31.0 Å². The molecule has 6 heteroatoms. The SMILES string of the molecule is CC(=O)N1C[C@H](C(=O)NCCc2ccc(Cl)cc2)Oc2ccccc21. The number of amides is 2. The number of benzene rings is 2. The lowest BCUT2D eigenvalue weighted by molar-refractivity contribution is -0.128. The number of fused-ring (bicyclic) bond motifs is 1. The van der Waals surface area contributed by atoms with Crippen molar-refractivity contribution in [3.8, 4) is 5.75 Å². The van der Waals surface area contributed by atoms with Crippen LogP contribution in [0.15, 0.2) is 48.5 Å². The molecule has 0 saturated heterocycles. The van der Waals surface area contributed by atoms with Gasteiger partial charge in [0.25, 0.3) is 5.91 Å². The molecule has 1 N–H and O–H groups in total. The Labute approximate surface area is 151 Å². The van der Waals surface area contributed by atoms with Crippen molar-refractivity contribution in [1.29, 1.82) is 0 Å². The minimum absolute atomic E-state index is 0.116. The van der Waals surface area contributed by atoms with Gasteiger partial charge in [0.05, 0.1) is 12.2 Å². The first kappa shape index (κ1) is 17.3. The van der Waals surface area contributed by atoms with Crippen LogP contribution in [0.1, 0.15) is 12.5 Å². The van der Waals surface area contributed by atoms with Gasteiger partial charge in [0.1, 0.15) is 5.75 Å². The fourth-order valence-electron chi connectivity index (χ4n) is 2.76. The number of hydrogen-bond acceptors (Lipinski definition) is 3. The van der Waals surface area contributed by atoms with Crippen LogP contribution in [0.25, 0.3) is 0 Å². The van der Waals surface area contributed by atoms with Crippen LogP contribution in [0.3, 0.4) is 0 Å². The van der Waals surface area contributed by atoms with Gasteiger partial charge in [-0.3, -0.25) is 9.59 Å². The van der Waals surface area contributed by atoms with Crippen LogP contribution in [-0.2, 0) is 16.0 Å². The maximum absolute atomic E-state index is 12.4. The molecular weight excluding hydrogens is 340 g/mol. The first-order chi connectivity index (χ1) is 12.0. The van der Waals surface area contributed by atoms with Crippen molar-refractivity contribution in [2.24, 2.45) is 0 Å². The van der Waals surface area contributed by atoms with Gasteiger partial charge in [0.2, 0.25) is 5.91 Å². The van der Waals surface area contributed by atoms with Gasteiger partial charge in [-0.1, -0.05) is 35.9 Å². The molecule has 0 saturated carbocycles. The van der Waals surface area contributed by atoms with E-state index in [-0.39, 0.29) is 18.4 Å². The normalized spacial score (nSPS) is 15.9. The second-order valence-electron chi connectivity index (χ2n) is 5.87. The summed E-state index contributed by atoms with van der Waals surface area (Å²) in [6.45, 7) is 2.18. The number of anilines is 1. The van der Waals surface area contributed by atoms with Crippen molar-refractivity contribution in [3.05, 3.63) is 59.1 Å². The number of hydrogen-bond donors (Lipinski definition) is 1. The van der Waals surface area contributed by atoms with Crippen molar-refractivity contribution in [2.45, 2.75) is 19.4 Å². The third-order valence-electron chi connectivity index (χ3n) is 4.07. The molecule has 0 radical (unpaired) electrons. The molecule has 1 aliphatic rings. The van der Waals surface area contributed by atoms with E-state index in [2.05, 4.69) is 5.32 Å². The van der Waals surface area contributed by atoms with Crippen molar-refractivity contribution in [2.75, 3.05) is 18.0 Å². The largest absolute Gasteiger partial charge is 0.477 e. The molecular formula is C19H19ClN2O3. The standard InChI is InChI=1S/C19H19ClN2O3/c1-13(23)22-12-18(25-17-5-3-2-4-16(17)22)19(24)21-11-10-14-6-8-15(20)9-7-14/h2-9,18H,10-12H2,1H3,(H,21,24)/t18-/m1/s1. The summed E-state index contributed by atoms with van der Waals surface area (Å²) in [5.41, 5.74) is 1.78. The Morgan fingerprint density at radius 2 is 1.92 bits per heavy atom. The molecule has 1 heterocycles. The van der Waals surface area contributed by atoms with Crippen molar-refractivity contribution < 1.29 is 14.3 Å². The lowest BCUT2D eigenvalue weighted by Crippen LogP contribution is -2.50. The summed E-state index contributed by atoms with van der Waals surface area (Å²) in [4.78, 5) is 25.9. The highest BCUT2D eigenvalue weighted by atomic mass is 35.5. The van der Waals surface area contributed by atoms with Crippen molar-refractivity contribution in [1.82, 2.24) is 5.32 Å². The molecule has 25 heavy (non-hydrogen) atoms. The number of nitrogens with one attached hydrogen (secondary N) is 1. The molecule has 5 nitrogen and oxygen atoms in total. The summed E-state index contributed by atoms with van der Waals surface area (Å²) in [5, 5.41) is 3.56. The topological polar surface area (TPSA) is 58.6 Å². The lowest BCUT2D eigenvalue weighted by atomic mass is 10.1. The van der Waals surface area contributed by atoms with Gasteiger partial charge < -0.3 is 15.0 Å². The maximum Gasteiger partial charge on any atom is 0.262 e. The molecule has 1 atom stereocenters. The molecule has 130 valence electrons. The zero-order valence-electron chi connectivity index (χ0n) is 13.9. The van der Waals surface area contributed by atoms with E-state index in [9.17, 15) is 9.59 Å². The molecule has 0 unspecified atom stereocenters. The molecule has 2 aromatic carbocycles. The Kier molecular flexibility index (Phi) is 5.24. The molecule has 0 aromatic heterocycles. The van der Waals surface area contributed by atoms with Crippen LogP contribution in [0, 0.1) is 0 Å². The van der Waals surface area contributed by atoms with Crippen LogP contribution >= 0.6 is 11.6 Å². The van der Waals surface area contributed by atoms with E-state index in [1.807, 2.05) is 42.5 Å². The highest BCUT2D eigenvalue weighted by Gasteiger charge is 2.32. The molecule has 2 amide bonds. The van der Waals surface area contributed by atoms with Gasteiger partial charge in [-0.25, -0.2) is 0 Å². The highest BCUT2D eigenvalue weighted by Crippen LogP contribution is 2.33. The van der Waals surface area contributed by atoms with E-state index in [1.54, 1.807) is 11.0 Å². The summed E-state index contributed by atoms with van der Waals surface area (Å²) in [7, 11) is 0. The van der Waals surface area contributed by atoms with E-state index >= 15 is 0 Å². The lowest BCUT2D eigenvalue weighted by Gasteiger charge is -2.33. The molecule has 0 fully saturated rings. The van der Waals surface area contributed by atoms with Gasteiger partial charge in [0.15, 0.2) is 6.10 Å². The van der Waals surface area contributed by atoms with E-state index < -0.39 is 6.10 Å². The van der Waals surface area contributed by atoms with Gasteiger partial charge in [0, 0.05) is 18.5 Å². The Bertz CT molecular complexity index is 776. The maximum atomic E-state index is 12.4. The summed E-state index contributed by atoms with van der Waals surface area (Å²) in [6.07, 6.45) is -0.0214. The van der Waals surface area contributed by atoms with Crippen LogP contribution in [0.2, 0.25) is 5.02 Å². The molecule has 2 aromatic rings. The number of para-hydroxylation sites is 2. The monoisotopic (exact) mass is 358 g/mol. The minimum atomic E-state index is -0.719. The predicted molar refractivity (Wildman–Crippen MR) is 97.1 cm³/mol. The predicted octanol–water partition coefficient (Wildman–Crippen LogP) is 2.81. The Morgan fingerprint density at radius 1 is 1.20 bits per heavy atom. The number of ether oxygens (including phenoxy) is 1. The molecule has 0 spiro atoms. The van der Waals surface area contributed by atoms with Crippen LogP contribution in [0.5, 0.6) is 5.75 Å². The third kappa shape index (κ3) is 4.12. The first-order valence-corrected chi connectivity index (χ1v) is 8.48. The zero-order chi connectivity index (χ0) is 17.8. The van der Waals surface area contributed by atoms with E-state index in [1.165, 1.54) is 6.92 Å². The second-order valence-corrected chi connectivity index (χ2v) is 6.31. The minimum Gasteiger partial charge on any atom is -0.477 e. The summed E-state index contributed by atoms with van der Waals surface area (Å²) < 4.78 is 5.77. The van der Waals surface area contributed by atoms with Gasteiger partial charge in [-0.2, -0.15) is 0 Å². The van der Waals surface area contributed by atoms with Gasteiger partial charge >= 0.3 is 0 Å². The summed E-state index contributed by atoms with van der Waals surface area (Å²) in [5.74, 6) is 0.200. The number of rotatable bonds is 4. The molecule has 0 aliphatic carbocycles. The Morgan fingerprint density at radius 3 is 2.64 bits per heavy atom. The van der Waals surface area contributed by atoms with Gasteiger partial charge in [-0.15, -0.1) is 0 Å². The third-order valence-corrected chi connectivity index (χ3v) is 4.32. The highest BCUT2D eigenvalue weighted by molar-refractivity contribution is 6.30. The summed E-state index contributed by atoms with van der Waals surface area (Å²) >= 11 is 5.86. The fourth-order valence-corrected chi connectivity index (χ4v) is 2.89. The second kappa shape index (κ2) is 7.57. The number of carbonyl (C=O) groups excluding carboxylic acids is 2. The molecule has 1 aliphatic heterocycles. The van der Waals surface area contributed by atoms with Crippen LogP contribution < -0.4 is 15.0 Å². The van der Waals surface area contributed by atoms with Crippen LogP contribution in [0.4, 0.5) is 5.69 Å². The summed E-state index contributed by atoms with van der Waals surface area (Å²) in [6, 6.07) is 14.7. The Hall–Kier alpha value is -2.53. The average Bonchev–Trinajstić information content (AvgIpc) is 2.62. The fraction of sp³-hybridized carbons (Fsp3) is 0.263. The Balaban J connectivity index is 1.61. The smallest absolute Gasteiger partial charge is 0.262 e. The average molecular weight is 359 g/mol. The number of carbonyl (C=O) groups is 2. The molecule has 3 rings (SSSR count). The van der Waals surface area contributed by atoms with Crippen molar-refractivity contribution >= 4 is 29.1 Å².